The van der Waals surface area contributed by atoms with Crippen LogP contribution in [0.4, 0.5) is 0 Å². The second-order valence-electron chi connectivity index (χ2n) is 3.44. The van der Waals surface area contributed by atoms with Crippen LogP contribution in [-0.2, 0) is 0 Å². The van der Waals surface area contributed by atoms with Crippen LogP contribution in [0.1, 0.15) is 17.8 Å². The Balaban J connectivity index is 1.85. The summed E-state index contributed by atoms with van der Waals surface area (Å²) in [5.41, 5.74) is 0. The molecule has 4 heteroatoms. The summed E-state index contributed by atoms with van der Waals surface area (Å²) in [7, 11) is 0. The molecule has 0 radical (unpaired) electrons. The van der Waals surface area contributed by atoms with Gasteiger partial charge in [0.2, 0.25) is 0 Å². The van der Waals surface area contributed by atoms with E-state index < -0.39 is 0 Å². The Kier molecular flexibility index (Phi) is 1.92. The van der Waals surface area contributed by atoms with E-state index in [0.717, 1.165) is 6.54 Å². The van der Waals surface area contributed by atoms with Gasteiger partial charge < -0.3 is 4.90 Å². The quantitative estimate of drug-likeness (QED) is 0.725. The fourth-order valence-electron chi connectivity index (χ4n) is 1.73. The average Bonchev–Trinajstić information content (AvgIpc) is 2.74. The standard InChI is InChI=1S/C10H10N2S2/c1-7-5-12-6-8(11-10(12)14-7)9-3-2-4-13-9/h2-5,8H,6H2,1H3. The van der Waals surface area contributed by atoms with Crippen LogP contribution in [0.3, 0.4) is 0 Å². The lowest BCUT2D eigenvalue weighted by Crippen LogP contribution is -2.15. The number of fused-ring (bicyclic) bond motifs is 1. The first-order valence-corrected chi connectivity index (χ1v) is 6.27. The van der Waals surface area contributed by atoms with Crippen molar-refractivity contribution >= 4 is 28.3 Å². The van der Waals surface area contributed by atoms with E-state index in [1.54, 1.807) is 23.1 Å². The molecule has 2 nitrogen and oxygen atoms in total. The number of thioether (sulfide) groups is 1. The van der Waals surface area contributed by atoms with Gasteiger partial charge in [0.1, 0.15) is 6.04 Å². The van der Waals surface area contributed by atoms with Gasteiger partial charge in [-0.15, -0.1) is 11.3 Å². The Labute approximate surface area is 91.3 Å². The highest BCUT2D eigenvalue weighted by atomic mass is 32.2. The summed E-state index contributed by atoms with van der Waals surface area (Å²) in [6, 6.07) is 4.63. The fraction of sp³-hybridized carbons (Fsp3) is 0.300. The van der Waals surface area contributed by atoms with Crippen molar-refractivity contribution in [2.45, 2.75) is 13.0 Å². The number of hydrogen-bond donors (Lipinski definition) is 0. The molecule has 1 unspecified atom stereocenters. The van der Waals surface area contributed by atoms with Crippen LogP contribution in [-0.4, -0.2) is 16.6 Å². The van der Waals surface area contributed by atoms with Gasteiger partial charge in [-0.05, 0) is 18.4 Å². The molecule has 3 heterocycles. The summed E-state index contributed by atoms with van der Waals surface area (Å²) in [5, 5.41) is 3.29. The van der Waals surface area contributed by atoms with E-state index in [4.69, 9.17) is 4.99 Å². The largest absolute Gasteiger partial charge is 0.324 e. The Hall–Kier alpha value is -0.740. The predicted octanol–water partition coefficient (Wildman–Crippen LogP) is 3.07. The first kappa shape index (κ1) is 8.56. The minimum atomic E-state index is 0.363. The van der Waals surface area contributed by atoms with E-state index in [-0.39, 0.29) is 0 Å². The van der Waals surface area contributed by atoms with Crippen molar-refractivity contribution in [3.8, 4) is 0 Å². The summed E-state index contributed by atoms with van der Waals surface area (Å²) in [6.07, 6.45) is 2.19. The number of amidine groups is 1. The number of nitrogens with zero attached hydrogens (tertiary/aromatic N) is 2. The molecule has 72 valence electrons. The maximum Gasteiger partial charge on any atom is 0.168 e. The van der Waals surface area contributed by atoms with Gasteiger partial charge >= 0.3 is 0 Å². The van der Waals surface area contributed by atoms with Gasteiger partial charge in [-0.3, -0.25) is 4.99 Å². The van der Waals surface area contributed by atoms with Crippen molar-refractivity contribution < 1.29 is 0 Å². The van der Waals surface area contributed by atoms with Gasteiger partial charge in [0.15, 0.2) is 5.17 Å². The molecular weight excluding hydrogens is 212 g/mol. The topological polar surface area (TPSA) is 15.6 Å². The lowest BCUT2D eigenvalue weighted by atomic mass is 10.2. The van der Waals surface area contributed by atoms with Gasteiger partial charge in [-0.25, -0.2) is 0 Å². The third-order valence-electron chi connectivity index (χ3n) is 2.34. The average molecular weight is 222 g/mol. The molecule has 2 aliphatic rings. The Morgan fingerprint density at radius 1 is 1.57 bits per heavy atom. The van der Waals surface area contributed by atoms with Gasteiger partial charge in [-0.1, -0.05) is 17.8 Å². The van der Waals surface area contributed by atoms with E-state index in [2.05, 4.69) is 35.5 Å². The molecule has 14 heavy (non-hydrogen) atoms. The third-order valence-corrected chi connectivity index (χ3v) is 4.27. The molecule has 0 aromatic carbocycles. The predicted molar refractivity (Wildman–Crippen MR) is 62.5 cm³/mol. The lowest BCUT2D eigenvalue weighted by molar-refractivity contribution is 0.561. The minimum Gasteiger partial charge on any atom is -0.324 e. The van der Waals surface area contributed by atoms with Crippen molar-refractivity contribution in [2.24, 2.45) is 4.99 Å². The zero-order valence-corrected chi connectivity index (χ0v) is 9.44. The third kappa shape index (κ3) is 1.29. The summed E-state index contributed by atoms with van der Waals surface area (Å²) in [6.45, 7) is 3.14. The first-order valence-electron chi connectivity index (χ1n) is 4.57. The van der Waals surface area contributed by atoms with E-state index in [1.807, 2.05) is 0 Å². The zero-order chi connectivity index (χ0) is 9.54. The van der Waals surface area contributed by atoms with Crippen molar-refractivity contribution in [2.75, 3.05) is 6.54 Å². The maximum atomic E-state index is 4.71. The number of rotatable bonds is 1. The lowest BCUT2D eigenvalue weighted by Gasteiger charge is -2.08. The molecule has 0 saturated heterocycles. The number of aliphatic imine (C=N–C) groups is 1. The molecule has 0 spiro atoms. The molecule has 0 saturated carbocycles. The Morgan fingerprint density at radius 2 is 2.50 bits per heavy atom. The Bertz CT molecular complexity index is 406. The monoisotopic (exact) mass is 222 g/mol. The second kappa shape index (κ2) is 3.14. The molecule has 1 atom stereocenters. The van der Waals surface area contributed by atoms with Crippen LogP contribution >= 0.6 is 23.1 Å². The molecule has 0 fully saturated rings. The van der Waals surface area contributed by atoms with Crippen LogP contribution in [0.25, 0.3) is 0 Å². The van der Waals surface area contributed by atoms with E-state index in [1.165, 1.54) is 14.9 Å². The van der Waals surface area contributed by atoms with Crippen LogP contribution in [0, 0.1) is 0 Å². The molecule has 1 aromatic rings. The van der Waals surface area contributed by atoms with Crippen LogP contribution in [0.2, 0.25) is 0 Å². The summed E-state index contributed by atoms with van der Waals surface area (Å²) in [5.74, 6) is 0. The summed E-state index contributed by atoms with van der Waals surface area (Å²) in [4.78, 5) is 9.68. The fourth-order valence-corrected chi connectivity index (χ4v) is 3.38. The van der Waals surface area contributed by atoms with E-state index >= 15 is 0 Å². The number of allylic oxidation sites excluding steroid dienone is 1. The SMILES string of the molecule is CC1=CN2CC(c3cccs3)N=C2S1. The molecule has 0 bridgehead atoms. The van der Waals surface area contributed by atoms with Gasteiger partial charge in [0.05, 0.1) is 6.54 Å². The van der Waals surface area contributed by atoms with Crippen LogP contribution in [0.5, 0.6) is 0 Å². The first-order chi connectivity index (χ1) is 6.83. The highest BCUT2D eigenvalue weighted by Gasteiger charge is 2.29. The summed E-state index contributed by atoms with van der Waals surface area (Å²) < 4.78 is 0. The molecule has 0 aliphatic carbocycles. The highest BCUT2D eigenvalue weighted by molar-refractivity contribution is 8.17. The van der Waals surface area contributed by atoms with Crippen molar-refractivity contribution in [3.05, 3.63) is 33.5 Å². The maximum absolute atomic E-state index is 4.71. The van der Waals surface area contributed by atoms with Gasteiger partial charge in [0.25, 0.3) is 0 Å². The smallest absolute Gasteiger partial charge is 0.168 e. The van der Waals surface area contributed by atoms with Crippen molar-refractivity contribution in [3.63, 3.8) is 0 Å². The number of hydrogen-bond acceptors (Lipinski definition) is 4. The normalized spacial score (nSPS) is 24.9. The van der Waals surface area contributed by atoms with Gasteiger partial charge in [0, 0.05) is 16.0 Å². The van der Waals surface area contributed by atoms with E-state index in [0.29, 0.717) is 6.04 Å². The minimum absolute atomic E-state index is 0.363. The molecule has 1 aromatic heterocycles. The summed E-state index contributed by atoms with van der Waals surface area (Å²) >= 11 is 3.57. The Morgan fingerprint density at radius 3 is 3.21 bits per heavy atom. The molecular formula is C10H10N2S2. The highest BCUT2D eigenvalue weighted by Crippen LogP contribution is 2.37. The van der Waals surface area contributed by atoms with E-state index in [9.17, 15) is 0 Å². The molecule has 0 N–H and O–H groups in total. The van der Waals surface area contributed by atoms with Crippen LogP contribution < -0.4 is 0 Å². The van der Waals surface area contributed by atoms with Gasteiger partial charge in [-0.2, -0.15) is 0 Å². The van der Waals surface area contributed by atoms with Crippen LogP contribution in [0.15, 0.2) is 33.6 Å². The van der Waals surface area contributed by atoms with Crippen molar-refractivity contribution in [1.82, 2.24) is 4.90 Å². The molecule has 2 aliphatic heterocycles. The molecule has 3 rings (SSSR count). The zero-order valence-electron chi connectivity index (χ0n) is 7.80. The van der Waals surface area contributed by atoms with Crippen molar-refractivity contribution in [1.29, 1.82) is 0 Å². The number of thiophene rings is 1. The molecule has 0 amide bonds. The second-order valence-corrected chi connectivity index (χ2v) is 5.63.